The first-order valence-corrected chi connectivity index (χ1v) is 6.33. The van der Waals surface area contributed by atoms with Crippen molar-refractivity contribution in [1.29, 1.82) is 0 Å². The van der Waals surface area contributed by atoms with Gasteiger partial charge in [-0.05, 0) is 36.8 Å². The molecule has 0 bridgehead atoms. The van der Waals surface area contributed by atoms with Crippen LogP contribution >= 0.6 is 0 Å². The molecule has 0 unspecified atom stereocenters. The molecule has 0 aliphatic carbocycles. The highest BCUT2D eigenvalue weighted by Gasteiger charge is 2.16. The van der Waals surface area contributed by atoms with Crippen LogP contribution in [0.2, 0.25) is 0 Å². The van der Waals surface area contributed by atoms with Gasteiger partial charge in [-0.3, -0.25) is 4.79 Å². The molecule has 0 spiro atoms. The SMILES string of the molecule is Cc1ccc(F)c(C(=O)N(C)Cc2ccc(N)cc2)c1. The molecule has 3 nitrogen and oxygen atoms in total. The number of nitrogens with zero attached hydrogens (tertiary/aromatic N) is 1. The Hall–Kier alpha value is -2.36. The molecule has 1 amide bonds. The first-order chi connectivity index (χ1) is 9.47. The molecule has 20 heavy (non-hydrogen) atoms. The van der Waals surface area contributed by atoms with Crippen LogP contribution < -0.4 is 5.73 Å². The normalized spacial score (nSPS) is 10.3. The maximum Gasteiger partial charge on any atom is 0.256 e. The third-order valence-corrected chi connectivity index (χ3v) is 3.10. The van der Waals surface area contributed by atoms with Gasteiger partial charge in [0.05, 0.1) is 5.56 Å². The number of anilines is 1. The number of hydrogen-bond donors (Lipinski definition) is 1. The average Bonchev–Trinajstić information content (AvgIpc) is 2.43. The fraction of sp³-hybridized carbons (Fsp3) is 0.188. The Morgan fingerprint density at radius 3 is 2.50 bits per heavy atom. The number of rotatable bonds is 3. The highest BCUT2D eigenvalue weighted by atomic mass is 19.1. The van der Waals surface area contributed by atoms with Gasteiger partial charge in [0.2, 0.25) is 0 Å². The predicted molar refractivity (Wildman–Crippen MR) is 77.8 cm³/mol. The van der Waals surface area contributed by atoms with Crippen molar-refractivity contribution in [2.75, 3.05) is 12.8 Å². The third-order valence-electron chi connectivity index (χ3n) is 3.10. The van der Waals surface area contributed by atoms with Crippen LogP contribution in [0.5, 0.6) is 0 Å². The van der Waals surface area contributed by atoms with E-state index < -0.39 is 5.82 Å². The van der Waals surface area contributed by atoms with Gasteiger partial charge in [-0.25, -0.2) is 4.39 Å². The summed E-state index contributed by atoms with van der Waals surface area (Å²) in [6.45, 7) is 2.24. The molecular weight excluding hydrogens is 255 g/mol. The molecular formula is C16H17FN2O. The summed E-state index contributed by atoms with van der Waals surface area (Å²) in [5.41, 5.74) is 8.19. The van der Waals surface area contributed by atoms with E-state index in [4.69, 9.17) is 5.73 Å². The predicted octanol–water partition coefficient (Wildman–Crippen LogP) is 2.99. The number of amides is 1. The molecule has 2 N–H and O–H groups in total. The molecule has 0 saturated carbocycles. The molecule has 2 aromatic rings. The lowest BCUT2D eigenvalue weighted by molar-refractivity contribution is 0.0780. The number of nitrogens with two attached hydrogens (primary N) is 1. The van der Waals surface area contributed by atoms with E-state index in [0.29, 0.717) is 12.2 Å². The van der Waals surface area contributed by atoms with Crippen molar-refractivity contribution >= 4 is 11.6 Å². The molecule has 0 saturated heterocycles. The fourth-order valence-corrected chi connectivity index (χ4v) is 1.98. The van der Waals surface area contributed by atoms with Gasteiger partial charge < -0.3 is 10.6 Å². The third kappa shape index (κ3) is 3.15. The molecule has 0 radical (unpaired) electrons. The van der Waals surface area contributed by atoms with Crippen LogP contribution in [0.25, 0.3) is 0 Å². The van der Waals surface area contributed by atoms with Crippen molar-refractivity contribution in [1.82, 2.24) is 4.90 Å². The van der Waals surface area contributed by atoms with Gasteiger partial charge in [-0.2, -0.15) is 0 Å². The summed E-state index contributed by atoms with van der Waals surface area (Å²) in [5, 5.41) is 0. The van der Waals surface area contributed by atoms with E-state index in [9.17, 15) is 9.18 Å². The standard InChI is InChI=1S/C16H17FN2O/c1-11-3-8-15(17)14(9-11)16(20)19(2)10-12-4-6-13(18)7-5-12/h3-9H,10,18H2,1-2H3. The Balaban J connectivity index is 2.16. The smallest absolute Gasteiger partial charge is 0.256 e. The van der Waals surface area contributed by atoms with E-state index in [1.54, 1.807) is 31.3 Å². The van der Waals surface area contributed by atoms with Crippen LogP contribution in [0.1, 0.15) is 21.5 Å². The highest BCUT2D eigenvalue weighted by Crippen LogP contribution is 2.14. The second-order valence-electron chi connectivity index (χ2n) is 4.89. The number of nitrogen functional groups attached to an aromatic ring is 1. The Morgan fingerprint density at radius 2 is 1.85 bits per heavy atom. The summed E-state index contributed by atoms with van der Waals surface area (Å²) >= 11 is 0. The molecule has 0 aromatic heterocycles. The summed E-state index contributed by atoms with van der Waals surface area (Å²) in [4.78, 5) is 13.7. The number of hydrogen-bond acceptors (Lipinski definition) is 2. The lowest BCUT2D eigenvalue weighted by Crippen LogP contribution is -2.27. The molecule has 2 rings (SSSR count). The Labute approximate surface area is 117 Å². The van der Waals surface area contributed by atoms with Gasteiger partial charge in [-0.15, -0.1) is 0 Å². The van der Waals surface area contributed by atoms with Crippen LogP contribution in [0.4, 0.5) is 10.1 Å². The number of carbonyl (C=O) groups is 1. The van der Waals surface area contributed by atoms with E-state index in [1.807, 2.05) is 19.1 Å². The summed E-state index contributed by atoms with van der Waals surface area (Å²) < 4.78 is 13.7. The molecule has 0 atom stereocenters. The molecule has 0 fully saturated rings. The van der Waals surface area contributed by atoms with Crippen LogP contribution in [0, 0.1) is 12.7 Å². The average molecular weight is 272 g/mol. The lowest BCUT2D eigenvalue weighted by Gasteiger charge is -2.18. The summed E-state index contributed by atoms with van der Waals surface area (Å²) in [6, 6.07) is 11.8. The maximum atomic E-state index is 13.7. The van der Waals surface area contributed by atoms with Gasteiger partial charge in [0, 0.05) is 19.3 Å². The zero-order chi connectivity index (χ0) is 14.7. The van der Waals surface area contributed by atoms with Gasteiger partial charge >= 0.3 is 0 Å². The van der Waals surface area contributed by atoms with E-state index >= 15 is 0 Å². The zero-order valence-electron chi connectivity index (χ0n) is 11.6. The molecule has 104 valence electrons. The molecule has 0 aliphatic rings. The van der Waals surface area contributed by atoms with E-state index in [-0.39, 0.29) is 11.5 Å². The topological polar surface area (TPSA) is 46.3 Å². The number of aryl methyl sites for hydroxylation is 1. The summed E-state index contributed by atoms with van der Waals surface area (Å²) in [6.07, 6.45) is 0. The first-order valence-electron chi connectivity index (χ1n) is 6.33. The summed E-state index contributed by atoms with van der Waals surface area (Å²) in [5.74, 6) is -0.826. The number of benzene rings is 2. The van der Waals surface area contributed by atoms with Crippen molar-refractivity contribution in [2.24, 2.45) is 0 Å². The van der Waals surface area contributed by atoms with Crippen LogP contribution in [-0.4, -0.2) is 17.9 Å². The van der Waals surface area contributed by atoms with E-state index in [1.165, 1.54) is 11.0 Å². The molecule has 0 aliphatic heterocycles. The number of carbonyl (C=O) groups excluding carboxylic acids is 1. The minimum absolute atomic E-state index is 0.0999. The van der Waals surface area contributed by atoms with Gasteiger partial charge in [0.15, 0.2) is 0 Å². The van der Waals surface area contributed by atoms with Crippen molar-refractivity contribution in [2.45, 2.75) is 13.5 Å². The minimum Gasteiger partial charge on any atom is -0.399 e. The largest absolute Gasteiger partial charge is 0.399 e. The molecule has 2 aromatic carbocycles. The van der Waals surface area contributed by atoms with Crippen LogP contribution in [0.3, 0.4) is 0 Å². The van der Waals surface area contributed by atoms with Crippen molar-refractivity contribution in [3.63, 3.8) is 0 Å². The van der Waals surface area contributed by atoms with Crippen LogP contribution in [-0.2, 0) is 6.54 Å². The monoisotopic (exact) mass is 272 g/mol. The zero-order valence-corrected chi connectivity index (χ0v) is 11.6. The van der Waals surface area contributed by atoms with Gasteiger partial charge in [-0.1, -0.05) is 23.8 Å². The lowest BCUT2D eigenvalue weighted by atomic mass is 10.1. The van der Waals surface area contributed by atoms with Gasteiger partial charge in [0.1, 0.15) is 5.82 Å². The molecule has 0 heterocycles. The minimum atomic E-state index is -0.496. The first kappa shape index (κ1) is 14.1. The highest BCUT2D eigenvalue weighted by molar-refractivity contribution is 5.94. The second kappa shape index (κ2) is 5.74. The maximum absolute atomic E-state index is 13.7. The number of halogens is 1. The second-order valence-corrected chi connectivity index (χ2v) is 4.89. The Morgan fingerprint density at radius 1 is 1.20 bits per heavy atom. The van der Waals surface area contributed by atoms with E-state index in [0.717, 1.165) is 11.1 Å². The van der Waals surface area contributed by atoms with Crippen molar-refractivity contribution < 1.29 is 9.18 Å². The quantitative estimate of drug-likeness (QED) is 0.873. The van der Waals surface area contributed by atoms with Crippen molar-refractivity contribution in [3.05, 3.63) is 65.0 Å². The summed E-state index contributed by atoms with van der Waals surface area (Å²) in [7, 11) is 1.65. The van der Waals surface area contributed by atoms with E-state index in [2.05, 4.69) is 0 Å². The van der Waals surface area contributed by atoms with Crippen LogP contribution in [0.15, 0.2) is 42.5 Å². The fourth-order valence-electron chi connectivity index (χ4n) is 1.98. The van der Waals surface area contributed by atoms with Gasteiger partial charge in [0.25, 0.3) is 5.91 Å². The Bertz CT molecular complexity index is 623. The Kier molecular flexibility index (Phi) is 4.03. The van der Waals surface area contributed by atoms with Crippen molar-refractivity contribution in [3.8, 4) is 0 Å². The molecule has 4 heteroatoms.